The van der Waals surface area contributed by atoms with Crippen LogP contribution in [-0.2, 0) is 0 Å². The Labute approximate surface area is 94.3 Å². The van der Waals surface area contributed by atoms with Crippen molar-refractivity contribution in [2.75, 3.05) is 7.11 Å². The molecule has 0 unspecified atom stereocenters. The van der Waals surface area contributed by atoms with Crippen LogP contribution in [0.3, 0.4) is 0 Å². The molecule has 2 aromatic carbocycles. The van der Waals surface area contributed by atoms with E-state index in [0.717, 1.165) is 21.9 Å². The second-order valence-electron chi connectivity index (χ2n) is 3.24. The summed E-state index contributed by atoms with van der Waals surface area (Å²) < 4.78 is 5.17. The van der Waals surface area contributed by atoms with Gasteiger partial charge in [0, 0.05) is 5.02 Å². The zero-order valence-electron chi connectivity index (χ0n) is 8.41. The molecule has 0 bridgehead atoms. The van der Waals surface area contributed by atoms with Gasteiger partial charge in [-0.3, -0.25) is 0 Å². The van der Waals surface area contributed by atoms with Crippen molar-refractivity contribution < 1.29 is 4.74 Å². The Morgan fingerprint density at radius 1 is 0.933 bits per heavy atom. The lowest BCUT2D eigenvalue weighted by molar-refractivity contribution is 0.415. The van der Waals surface area contributed by atoms with Crippen LogP contribution < -0.4 is 4.74 Å². The number of methoxy groups -OCH3 is 1. The highest BCUT2D eigenvalue weighted by molar-refractivity contribution is 6.30. The number of halogens is 1. The van der Waals surface area contributed by atoms with E-state index in [1.807, 2.05) is 48.5 Å². The topological polar surface area (TPSA) is 9.23 Å². The molecule has 2 heteroatoms. The molecule has 15 heavy (non-hydrogen) atoms. The quantitative estimate of drug-likeness (QED) is 0.740. The molecule has 2 rings (SSSR count). The van der Waals surface area contributed by atoms with E-state index >= 15 is 0 Å². The van der Waals surface area contributed by atoms with Crippen LogP contribution in [0, 0.1) is 0 Å². The second kappa shape index (κ2) is 4.37. The number of benzene rings is 2. The van der Waals surface area contributed by atoms with Gasteiger partial charge in [0.1, 0.15) is 5.75 Å². The van der Waals surface area contributed by atoms with Crippen molar-refractivity contribution >= 4 is 11.6 Å². The molecule has 0 amide bonds. The van der Waals surface area contributed by atoms with Crippen molar-refractivity contribution in [2.24, 2.45) is 0 Å². The van der Waals surface area contributed by atoms with Gasteiger partial charge in [0.25, 0.3) is 0 Å². The minimum Gasteiger partial charge on any atom is -0.497 e. The van der Waals surface area contributed by atoms with E-state index in [2.05, 4.69) is 0 Å². The van der Waals surface area contributed by atoms with Gasteiger partial charge in [-0.25, -0.2) is 0 Å². The Balaban J connectivity index is 2.44. The zero-order valence-corrected chi connectivity index (χ0v) is 9.16. The number of ether oxygens (including phenoxy) is 1. The van der Waals surface area contributed by atoms with E-state index in [1.165, 1.54) is 0 Å². The van der Waals surface area contributed by atoms with Gasteiger partial charge in [0.05, 0.1) is 7.11 Å². The fourth-order valence-electron chi connectivity index (χ4n) is 1.47. The summed E-state index contributed by atoms with van der Waals surface area (Å²) in [6.45, 7) is 0. The average Bonchev–Trinajstić information content (AvgIpc) is 2.29. The molecule has 0 saturated heterocycles. The molecule has 0 aliphatic carbocycles. The third kappa shape index (κ3) is 2.31. The second-order valence-corrected chi connectivity index (χ2v) is 3.68. The van der Waals surface area contributed by atoms with E-state index in [1.54, 1.807) is 7.11 Å². The van der Waals surface area contributed by atoms with Gasteiger partial charge in [0.15, 0.2) is 0 Å². The number of hydrogen-bond acceptors (Lipinski definition) is 1. The maximum absolute atomic E-state index is 5.94. The molecule has 0 fully saturated rings. The van der Waals surface area contributed by atoms with E-state index < -0.39 is 0 Å². The maximum Gasteiger partial charge on any atom is 0.119 e. The average molecular weight is 219 g/mol. The van der Waals surface area contributed by atoms with Crippen molar-refractivity contribution in [1.82, 2.24) is 0 Å². The molecule has 0 atom stereocenters. The predicted octanol–water partition coefficient (Wildman–Crippen LogP) is 4.02. The fraction of sp³-hybridized carbons (Fsp3) is 0.0769. The Morgan fingerprint density at radius 3 is 2.27 bits per heavy atom. The fourth-order valence-corrected chi connectivity index (χ4v) is 1.66. The largest absolute Gasteiger partial charge is 0.497 e. The molecule has 0 aliphatic heterocycles. The van der Waals surface area contributed by atoms with Gasteiger partial charge < -0.3 is 4.74 Å². The van der Waals surface area contributed by atoms with Crippen molar-refractivity contribution in [3.8, 4) is 16.9 Å². The summed E-state index contributed by atoms with van der Waals surface area (Å²) in [5.41, 5.74) is 2.21. The Bertz CT molecular complexity index is 466. The third-order valence-corrected chi connectivity index (χ3v) is 2.46. The summed E-state index contributed by atoms with van der Waals surface area (Å²) in [5, 5.41) is 0.746. The molecule has 2 aromatic rings. The first-order chi connectivity index (χ1) is 7.29. The van der Waals surface area contributed by atoms with Gasteiger partial charge in [-0.05, 0) is 35.4 Å². The van der Waals surface area contributed by atoms with Gasteiger partial charge in [-0.2, -0.15) is 0 Å². The number of rotatable bonds is 2. The molecule has 0 spiro atoms. The molecular formula is C13H11ClO. The lowest BCUT2D eigenvalue weighted by Gasteiger charge is -2.04. The minimum absolute atomic E-state index is 0.746. The zero-order chi connectivity index (χ0) is 10.7. The molecule has 0 N–H and O–H groups in total. The van der Waals surface area contributed by atoms with Gasteiger partial charge in [-0.15, -0.1) is 0 Å². The van der Waals surface area contributed by atoms with E-state index in [-0.39, 0.29) is 0 Å². The molecule has 0 heterocycles. The van der Waals surface area contributed by atoms with Gasteiger partial charge in [-0.1, -0.05) is 35.9 Å². The summed E-state index contributed by atoms with van der Waals surface area (Å²) in [4.78, 5) is 0. The molecule has 0 aromatic heterocycles. The highest BCUT2D eigenvalue weighted by atomic mass is 35.5. The van der Waals surface area contributed by atoms with Crippen molar-refractivity contribution in [2.45, 2.75) is 0 Å². The lowest BCUT2D eigenvalue weighted by atomic mass is 10.1. The SMILES string of the molecule is COc1cccc(-c2cccc(Cl)c2)c1. The maximum atomic E-state index is 5.94. The lowest BCUT2D eigenvalue weighted by Crippen LogP contribution is -1.83. The first kappa shape index (κ1) is 10.1. The minimum atomic E-state index is 0.746. The van der Waals surface area contributed by atoms with Gasteiger partial charge >= 0.3 is 0 Å². The highest BCUT2D eigenvalue weighted by Crippen LogP contribution is 2.25. The smallest absolute Gasteiger partial charge is 0.119 e. The Kier molecular flexibility index (Phi) is 2.93. The Morgan fingerprint density at radius 2 is 1.60 bits per heavy atom. The first-order valence-corrected chi connectivity index (χ1v) is 5.07. The molecule has 0 saturated carbocycles. The number of hydrogen-bond donors (Lipinski definition) is 0. The first-order valence-electron chi connectivity index (χ1n) is 4.69. The molecule has 0 aliphatic rings. The van der Waals surface area contributed by atoms with Crippen LogP contribution in [0.25, 0.3) is 11.1 Å². The summed E-state index contributed by atoms with van der Waals surface area (Å²) in [7, 11) is 1.66. The van der Waals surface area contributed by atoms with Crippen molar-refractivity contribution in [3.05, 3.63) is 53.6 Å². The van der Waals surface area contributed by atoms with Crippen LogP contribution in [0.2, 0.25) is 5.02 Å². The molecule has 1 nitrogen and oxygen atoms in total. The monoisotopic (exact) mass is 218 g/mol. The third-order valence-electron chi connectivity index (χ3n) is 2.23. The van der Waals surface area contributed by atoms with E-state index in [4.69, 9.17) is 16.3 Å². The van der Waals surface area contributed by atoms with Gasteiger partial charge in [0.2, 0.25) is 0 Å². The van der Waals surface area contributed by atoms with Crippen LogP contribution >= 0.6 is 11.6 Å². The normalized spacial score (nSPS) is 10.0. The van der Waals surface area contributed by atoms with E-state index in [9.17, 15) is 0 Å². The Hall–Kier alpha value is -1.47. The van der Waals surface area contributed by atoms with Crippen LogP contribution in [0.4, 0.5) is 0 Å². The summed E-state index contributed by atoms with van der Waals surface area (Å²) >= 11 is 5.94. The highest BCUT2D eigenvalue weighted by Gasteiger charge is 1.99. The standard InChI is InChI=1S/C13H11ClO/c1-15-13-7-3-5-11(9-13)10-4-2-6-12(14)8-10/h2-9H,1H3. The predicted molar refractivity (Wildman–Crippen MR) is 63.4 cm³/mol. The van der Waals surface area contributed by atoms with Crippen LogP contribution in [0.5, 0.6) is 5.75 Å². The van der Waals surface area contributed by atoms with Crippen LogP contribution in [0.15, 0.2) is 48.5 Å². The summed E-state index contributed by atoms with van der Waals surface area (Å²) in [6.07, 6.45) is 0. The van der Waals surface area contributed by atoms with Crippen molar-refractivity contribution in [3.63, 3.8) is 0 Å². The summed E-state index contributed by atoms with van der Waals surface area (Å²) in [5.74, 6) is 0.854. The molecule has 0 radical (unpaired) electrons. The van der Waals surface area contributed by atoms with Crippen molar-refractivity contribution in [1.29, 1.82) is 0 Å². The van der Waals surface area contributed by atoms with Crippen LogP contribution in [0.1, 0.15) is 0 Å². The van der Waals surface area contributed by atoms with E-state index in [0.29, 0.717) is 0 Å². The molecular weight excluding hydrogens is 208 g/mol. The summed E-state index contributed by atoms with van der Waals surface area (Å²) in [6, 6.07) is 15.7. The molecule has 76 valence electrons. The van der Waals surface area contributed by atoms with Crippen LogP contribution in [-0.4, -0.2) is 7.11 Å².